The molecule has 4 heteroatoms. The summed E-state index contributed by atoms with van der Waals surface area (Å²) in [5, 5.41) is 5.14. The van der Waals surface area contributed by atoms with Gasteiger partial charge in [-0.3, -0.25) is 4.79 Å². The van der Waals surface area contributed by atoms with Gasteiger partial charge in [0.25, 0.3) is 5.91 Å². The van der Waals surface area contributed by atoms with Crippen molar-refractivity contribution in [2.24, 2.45) is 11.8 Å². The molecule has 1 amide bonds. The molecule has 1 saturated carbocycles. The van der Waals surface area contributed by atoms with Gasteiger partial charge in [0, 0.05) is 11.4 Å². The first-order chi connectivity index (χ1) is 8.58. The third kappa shape index (κ3) is 3.35. The highest BCUT2D eigenvalue weighted by atomic mass is 79.9. The molecule has 1 aliphatic carbocycles. The molecule has 0 saturated heterocycles. The Morgan fingerprint density at radius 2 is 2.17 bits per heavy atom. The first kappa shape index (κ1) is 14.1. The van der Waals surface area contributed by atoms with Crippen LogP contribution in [0.1, 0.15) is 49.9 Å². The van der Waals surface area contributed by atoms with Crippen LogP contribution in [0.2, 0.25) is 0 Å². The number of thiophene rings is 1. The molecule has 0 radical (unpaired) electrons. The van der Waals surface area contributed by atoms with Crippen molar-refractivity contribution in [2.75, 3.05) is 0 Å². The van der Waals surface area contributed by atoms with E-state index in [4.69, 9.17) is 0 Å². The molecule has 0 aromatic carbocycles. The summed E-state index contributed by atoms with van der Waals surface area (Å²) < 4.78 is 1.01. The van der Waals surface area contributed by atoms with Gasteiger partial charge in [-0.1, -0.05) is 26.7 Å². The third-order valence-corrected chi connectivity index (χ3v) is 5.33. The van der Waals surface area contributed by atoms with E-state index in [1.165, 1.54) is 19.3 Å². The predicted molar refractivity (Wildman–Crippen MR) is 80.1 cm³/mol. The van der Waals surface area contributed by atoms with Crippen LogP contribution < -0.4 is 5.32 Å². The fourth-order valence-electron chi connectivity index (χ4n) is 2.82. The summed E-state index contributed by atoms with van der Waals surface area (Å²) in [6.45, 7) is 4.52. The maximum Gasteiger partial charge on any atom is 0.252 e. The molecule has 2 unspecified atom stereocenters. The summed E-state index contributed by atoms with van der Waals surface area (Å²) in [6.07, 6.45) is 4.91. The van der Waals surface area contributed by atoms with Crippen molar-refractivity contribution in [1.29, 1.82) is 0 Å². The van der Waals surface area contributed by atoms with E-state index >= 15 is 0 Å². The zero-order chi connectivity index (χ0) is 13.1. The van der Waals surface area contributed by atoms with Crippen molar-refractivity contribution < 1.29 is 4.79 Å². The molecule has 1 fully saturated rings. The molecule has 2 atom stereocenters. The van der Waals surface area contributed by atoms with Crippen LogP contribution in [-0.4, -0.2) is 11.9 Å². The quantitative estimate of drug-likeness (QED) is 0.871. The molecule has 0 spiro atoms. The topological polar surface area (TPSA) is 29.1 Å². The van der Waals surface area contributed by atoms with Crippen LogP contribution in [0.3, 0.4) is 0 Å². The van der Waals surface area contributed by atoms with Gasteiger partial charge in [0.15, 0.2) is 0 Å². The monoisotopic (exact) mass is 329 g/mol. The molecule has 1 aliphatic rings. The van der Waals surface area contributed by atoms with E-state index in [2.05, 4.69) is 35.1 Å². The summed E-state index contributed by atoms with van der Waals surface area (Å²) in [7, 11) is 0. The standard InChI is InChI=1S/C14H20BrNOS/c1-9(2)11-5-3-4-6-12(11)16-14(17)10-7-13(15)18-8-10/h7-9,11-12H,3-6H2,1-2H3,(H,16,17). The van der Waals surface area contributed by atoms with E-state index in [0.29, 0.717) is 17.9 Å². The lowest BCUT2D eigenvalue weighted by molar-refractivity contribution is 0.0889. The first-order valence-corrected chi connectivity index (χ1v) is 8.30. The average Bonchev–Trinajstić information content (AvgIpc) is 2.76. The van der Waals surface area contributed by atoms with Gasteiger partial charge in [-0.2, -0.15) is 0 Å². The fourth-order valence-corrected chi connectivity index (χ4v) is 3.95. The molecule has 1 aromatic heterocycles. The predicted octanol–water partition coefficient (Wildman–Crippen LogP) is 4.46. The summed E-state index contributed by atoms with van der Waals surface area (Å²) in [4.78, 5) is 12.2. The number of rotatable bonds is 3. The largest absolute Gasteiger partial charge is 0.349 e. The van der Waals surface area contributed by atoms with Gasteiger partial charge in [-0.25, -0.2) is 0 Å². The molecule has 0 bridgehead atoms. The third-order valence-electron chi connectivity index (χ3n) is 3.82. The number of carbonyl (C=O) groups excluding carboxylic acids is 1. The van der Waals surface area contributed by atoms with Gasteiger partial charge in [-0.05, 0) is 46.7 Å². The van der Waals surface area contributed by atoms with E-state index in [0.717, 1.165) is 15.8 Å². The van der Waals surface area contributed by atoms with Gasteiger partial charge in [0.2, 0.25) is 0 Å². The van der Waals surface area contributed by atoms with Crippen LogP contribution in [0.4, 0.5) is 0 Å². The van der Waals surface area contributed by atoms with Crippen molar-refractivity contribution in [3.63, 3.8) is 0 Å². The molecule has 1 aromatic rings. The molecule has 0 aliphatic heterocycles. The Balaban J connectivity index is 2.00. The minimum absolute atomic E-state index is 0.0782. The van der Waals surface area contributed by atoms with Gasteiger partial charge in [0.1, 0.15) is 0 Å². The second kappa shape index (κ2) is 6.20. The molecule has 2 rings (SSSR count). The van der Waals surface area contributed by atoms with Crippen molar-refractivity contribution in [3.05, 3.63) is 20.8 Å². The van der Waals surface area contributed by atoms with Crippen LogP contribution in [0.5, 0.6) is 0 Å². The lowest BCUT2D eigenvalue weighted by Crippen LogP contribution is -2.43. The number of halogens is 1. The normalized spacial score (nSPS) is 24.2. The number of amides is 1. The highest BCUT2D eigenvalue weighted by Crippen LogP contribution is 2.30. The highest BCUT2D eigenvalue weighted by Gasteiger charge is 2.28. The second-order valence-electron chi connectivity index (χ2n) is 5.41. The lowest BCUT2D eigenvalue weighted by Gasteiger charge is -2.34. The number of carbonyl (C=O) groups is 1. The van der Waals surface area contributed by atoms with E-state index in [1.54, 1.807) is 11.3 Å². The van der Waals surface area contributed by atoms with Gasteiger partial charge >= 0.3 is 0 Å². The Morgan fingerprint density at radius 3 is 2.78 bits per heavy atom. The van der Waals surface area contributed by atoms with E-state index in [-0.39, 0.29) is 5.91 Å². The van der Waals surface area contributed by atoms with Crippen LogP contribution in [0.25, 0.3) is 0 Å². The van der Waals surface area contributed by atoms with E-state index < -0.39 is 0 Å². The van der Waals surface area contributed by atoms with E-state index in [9.17, 15) is 4.79 Å². The molecule has 1 N–H and O–H groups in total. The molecular formula is C14H20BrNOS. The molecule has 18 heavy (non-hydrogen) atoms. The number of nitrogens with one attached hydrogen (secondary N) is 1. The van der Waals surface area contributed by atoms with Crippen molar-refractivity contribution in [3.8, 4) is 0 Å². The molecular weight excluding hydrogens is 310 g/mol. The van der Waals surface area contributed by atoms with Crippen LogP contribution in [-0.2, 0) is 0 Å². The van der Waals surface area contributed by atoms with Crippen LogP contribution >= 0.6 is 27.3 Å². The second-order valence-corrected chi connectivity index (χ2v) is 7.70. The Bertz CT molecular complexity index is 416. The Kier molecular flexibility index (Phi) is 4.84. The Hall–Kier alpha value is -0.350. The zero-order valence-electron chi connectivity index (χ0n) is 10.9. The summed E-state index contributed by atoms with van der Waals surface area (Å²) in [5.41, 5.74) is 0.778. The van der Waals surface area contributed by atoms with Crippen LogP contribution in [0.15, 0.2) is 15.2 Å². The summed E-state index contributed by atoms with van der Waals surface area (Å²) >= 11 is 4.96. The number of hydrogen-bond donors (Lipinski definition) is 1. The molecule has 1 heterocycles. The fraction of sp³-hybridized carbons (Fsp3) is 0.643. The Labute approximate surface area is 121 Å². The Morgan fingerprint density at radius 1 is 1.44 bits per heavy atom. The average molecular weight is 330 g/mol. The first-order valence-electron chi connectivity index (χ1n) is 6.63. The lowest BCUT2D eigenvalue weighted by atomic mass is 9.78. The smallest absolute Gasteiger partial charge is 0.252 e. The summed E-state index contributed by atoms with van der Waals surface area (Å²) in [5.74, 6) is 1.35. The van der Waals surface area contributed by atoms with Crippen molar-refractivity contribution in [1.82, 2.24) is 5.32 Å². The SMILES string of the molecule is CC(C)C1CCCCC1NC(=O)c1csc(Br)c1. The minimum atomic E-state index is 0.0782. The number of hydrogen-bond acceptors (Lipinski definition) is 2. The maximum absolute atomic E-state index is 12.2. The summed E-state index contributed by atoms with van der Waals surface area (Å²) in [6, 6.07) is 2.25. The zero-order valence-corrected chi connectivity index (χ0v) is 13.3. The minimum Gasteiger partial charge on any atom is -0.349 e. The molecule has 100 valence electrons. The highest BCUT2D eigenvalue weighted by molar-refractivity contribution is 9.11. The van der Waals surface area contributed by atoms with Gasteiger partial charge in [-0.15, -0.1) is 11.3 Å². The van der Waals surface area contributed by atoms with Crippen LogP contribution in [0, 0.1) is 11.8 Å². The maximum atomic E-state index is 12.2. The van der Waals surface area contributed by atoms with Crippen molar-refractivity contribution >= 4 is 33.2 Å². The molecule has 2 nitrogen and oxygen atoms in total. The van der Waals surface area contributed by atoms with Gasteiger partial charge < -0.3 is 5.32 Å². The van der Waals surface area contributed by atoms with E-state index in [1.807, 2.05) is 11.4 Å². The van der Waals surface area contributed by atoms with Gasteiger partial charge in [0.05, 0.1) is 9.35 Å². The van der Waals surface area contributed by atoms with Crippen molar-refractivity contribution in [2.45, 2.75) is 45.6 Å².